The molecule has 1 aromatic rings. The predicted octanol–water partition coefficient (Wildman–Crippen LogP) is 1.81. The maximum absolute atomic E-state index is 10.7. The number of carboxylic acids is 3. The maximum atomic E-state index is 10.7. The van der Waals surface area contributed by atoms with E-state index in [-0.39, 0.29) is 19.3 Å². The van der Waals surface area contributed by atoms with E-state index in [2.05, 4.69) is 15.0 Å². The molecule has 3 unspecified atom stereocenters. The molecule has 0 bridgehead atoms. The SMILES string of the molecule is NC(CCCCC(=O)O)c1nc(C(N)CCCCC(=O)O)nc(C(N)CCCCC(=O)O)n1. The Morgan fingerprint density at radius 3 is 1.00 bits per heavy atom. The first-order valence-corrected chi connectivity index (χ1v) is 11.3. The van der Waals surface area contributed by atoms with E-state index >= 15 is 0 Å². The minimum absolute atomic E-state index is 0.0584. The third-order valence-corrected chi connectivity index (χ3v) is 5.15. The molecule has 33 heavy (non-hydrogen) atoms. The highest BCUT2D eigenvalue weighted by Crippen LogP contribution is 2.22. The van der Waals surface area contributed by atoms with Crippen molar-refractivity contribution in [3.05, 3.63) is 17.5 Å². The molecule has 0 aliphatic rings. The van der Waals surface area contributed by atoms with Gasteiger partial charge < -0.3 is 32.5 Å². The molecule has 0 aromatic carbocycles. The van der Waals surface area contributed by atoms with Crippen LogP contribution < -0.4 is 17.2 Å². The second-order valence-corrected chi connectivity index (χ2v) is 8.15. The van der Waals surface area contributed by atoms with E-state index in [0.29, 0.717) is 75.3 Å². The molecule has 0 spiro atoms. The standard InChI is InChI=1S/C21H36N6O6/c22-13(7-1-4-10-16(28)29)19-25-20(14(23)8-2-5-11-17(30)31)27-21(26-19)15(24)9-3-6-12-18(32)33/h13-15H,1-12,22-24H2,(H,28,29)(H,30,31)(H,32,33). The molecule has 0 amide bonds. The number of carbonyl (C=O) groups is 3. The average molecular weight is 469 g/mol. The van der Waals surface area contributed by atoms with Gasteiger partial charge in [-0.25, -0.2) is 15.0 Å². The summed E-state index contributed by atoms with van der Waals surface area (Å²) in [5.41, 5.74) is 18.7. The van der Waals surface area contributed by atoms with Crippen molar-refractivity contribution in [3.63, 3.8) is 0 Å². The number of rotatable bonds is 18. The Kier molecular flexibility index (Phi) is 13.0. The molecule has 0 radical (unpaired) electrons. The summed E-state index contributed by atoms with van der Waals surface area (Å²) in [5, 5.41) is 26.3. The summed E-state index contributed by atoms with van der Waals surface area (Å²) in [5.74, 6) is -1.62. The fourth-order valence-corrected chi connectivity index (χ4v) is 3.23. The summed E-state index contributed by atoms with van der Waals surface area (Å²) >= 11 is 0. The molecule has 0 saturated carbocycles. The van der Waals surface area contributed by atoms with Gasteiger partial charge >= 0.3 is 17.9 Å². The van der Waals surface area contributed by atoms with Crippen molar-refractivity contribution in [2.75, 3.05) is 0 Å². The summed E-state index contributed by atoms with van der Waals surface area (Å²) in [4.78, 5) is 45.3. The van der Waals surface area contributed by atoms with Crippen LogP contribution in [0.25, 0.3) is 0 Å². The van der Waals surface area contributed by atoms with Crippen LogP contribution in [0.5, 0.6) is 0 Å². The van der Waals surface area contributed by atoms with Crippen molar-refractivity contribution in [1.82, 2.24) is 15.0 Å². The summed E-state index contributed by atoms with van der Waals surface area (Å²) in [6, 6.07) is -1.63. The monoisotopic (exact) mass is 468 g/mol. The first kappa shape index (κ1) is 28.3. The van der Waals surface area contributed by atoms with E-state index in [9.17, 15) is 14.4 Å². The lowest BCUT2D eigenvalue weighted by atomic mass is 10.1. The molecule has 12 heteroatoms. The predicted molar refractivity (Wildman–Crippen MR) is 119 cm³/mol. The lowest BCUT2D eigenvalue weighted by Gasteiger charge is -2.18. The normalized spacial score (nSPS) is 13.9. The number of carboxylic acid groups (broad SMARTS) is 3. The maximum Gasteiger partial charge on any atom is 0.303 e. The van der Waals surface area contributed by atoms with Crippen LogP contribution in [0.4, 0.5) is 0 Å². The third-order valence-electron chi connectivity index (χ3n) is 5.15. The number of nitrogens with zero attached hydrogens (tertiary/aromatic N) is 3. The Bertz CT molecular complexity index is 665. The van der Waals surface area contributed by atoms with E-state index in [4.69, 9.17) is 32.5 Å². The molecule has 0 aliphatic carbocycles. The molecule has 1 heterocycles. The Balaban J connectivity index is 2.90. The van der Waals surface area contributed by atoms with Crippen LogP contribution in [-0.4, -0.2) is 48.2 Å². The van der Waals surface area contributed by atoms with Crippen molar-refractivity contribution in [3.8, 4) is 0 Å². The summed E-state index contributed by atoms with van der Waals surface area (Å²) in [6.07, 6.45) is 4.85. The Labute approximate surface area is 193 Å². The van der Waals surface area contributed by atoms with Crippen molar-refractivity contribution in [2.24, 2.45) is 17.2 Å². The van der Waals surface area contributed by atoms with Crippen LogP contribution in [0, 0.1) is 0 Å². The first-order valence-electron chi connectivity index (χ1n) is 11.3. The molecule has 3 atom stereocenters. The number of unbranched alkanes of at least 4 members (excludes halogenated alkanes) is 3. The second kappa shape index (κ2) is 15.2. The Morgan fingerprint density at radius 2 is 0.788 bits per heavy atom. The van der Waals surface area contributed by atoms with Gasteiger partial charge in [0.05, 0.1) is 18.1 Å². The van der Waals surface area contributed by atoms with Gasteiger partial charge in [0.2, 0.25) is 0 Å². The molecule has 0 aliphatic heterocycles. The molecule has 0 saturated heterocycles. The fourth-order valence-electron chi connectivity index (χ4n) is 3.23. The topological polar surface area (TPSA) is 229 Å². The quantitative estimate of drug-likeness (QED) is 0.169. The summed E-state index contributed by atoms with van der Waals surface area (Å²) in [6.45, 7) is 0. The molecule has 186 valence electrons. The van der Waals surface area contributed by atoms with Gasteiger partial charge in [-0.3, -0.25) is 14.4 Å². The number of nitrogens with two attached hydrogens (primary N) is 3. The largest absolute Gasteiger partial charge is 0.481 e. The molecular weight excluding hydrogens is 432 g/mol. The Morgan fingerprint density at radius 1 is 0.545 bits per heavy atom. The van der Waals surface area contributed by atoms with Crippen molar-refractivity contribution in [2.45, 2.75) is 95.2 Å². The van der Waals surface area contributed by atoms with Crippen LogP contribution in [0.2, 0.25) is 0 Å². The molecule has 12 nitrogen and oxygen atoms in total. The van der Waals surface area contributed by atoms with Crippen molar-refractivity contribution >= 4 is 17.9 Å². The summed E-state index contributed by atoms with van der Waals surface area (Å²) in [7, 11) is 0. The average Bonchev–Trinajstić information content (AvgIpc) is 2.76. The molecule has 0 fully saturated rings. The number of aliphatic carboxylic acids is 3. The van der Waals surface area contributed by atoms with Crippen LogP contribution in [0.3, 0.4) is 0 Å². The fraction of sp³-hybridized carbons (Fsp3) is 0.714. The number of hydrogen-bond acceptors (Lipinski definition) is 9. The minimum Gasteiger partial charge on any atom is -0.481 e. The van der Waals surface area contributed by atoms with Gasteiger partial charge in [0, 0.05) is 19.3 Å². The van der Waals surface area contributed by atoms with E-state index in [1.54, 1.807) is 0 Å². The lowest BCUT2D eigenvalue weighted by molar-refractivity contribution is -0.138. The molecular formula is C21H36N6O6. The van der Waals surface area contributed by atoms with Gasteiger partial charge in [-0.15, -0.1) is 0 Å². The summed E-state index contributed by atoms with van der Waals surface area (Å²) < 4.78 is 0. The molecule has 1 aromatic heterocycles. The zero-order valence-corrected chi connectivity index (χ0v) is 18.9. The highest BCUT2D eigenvalue weighted by Gasteiger charge is 2.20. The molecule has 1 rings (SSSR count). The van der Waals surface area contributed by atoms with Crippen LogP contribution in [0.1, 0.15) is 113 Å². The second-order valence-electron chi connectivity index (χ2n) is 8.15. The van der Waals surface area contributed by atoms with Gasteiger partial charge in [-0.1, -0.05) is 19.3 Å². The van der Waals surface area contributed by atoms with Crippen LogP contribution in [0.15, 0.2) is 0 Å². The minimum atomic E-state index is -0.865. The van der Waals surface area contributed by atoms with Gasteiger partial charge in [0.1, 0.15) is 17.5 Å². The highest BCUT2D eigenvalue weighted by atomic mass is 16.4. The van der Waals surface area contributed by atoms with Gasteiger partial charge in [0.15, 0.2) is 0 Å². The van der Waals surface area contributed by atoms with E-state index < -0.39 is 36.0 Å². The van der Waals surface area contributed by atoms with Gasteiger partial charge in [-0.2, -0.15) is 0 Å². The van der Waals surface area contributed by atoms with E-state index in [0.717, 1.165) is 0 Å². The Hall–Kier alpha value is -2.70. The highest BCUT2D eigenvalue weighted by molar-refractivity contribution is 5.67. The van der Waals surface area contributed by atoms with E-state index in [1.165, 1.54) is 0 Å². The lowest BCUT2D eigenvalue weighted by Crippen LogP contribution is -2.24. The molecule has 9 N–H and O–H groups in total. The number of hydrogen-bond donors (Lipinski definition) is 6. The number of aromatic nitrogens is 3. The van der Waals surface area contributed by atoms with Crippen molar-refractivity contribution in [1.29, 1.82) is 0 Å². The van der Waals surface area contributed by atoms with Gasteiger partial charge in [-0.05, 0) is 38.5 Å². The zero-order chi connectivity index (χ0) is 24.8. The zero-order valence-electron chi connectivity index (χ0n) is 18.9. The van der Waals surface area contributed by atoms with Crippen LogP contribution in [-0.2, 0) is 14.4 Å². The smallest absolute Gasteiger partial charge is 0.303 e. The first-order chi connectivity index (χ1) is 15.6. The van der Waals surface area contributed by atoms with Gasteiger partial charge in [0.25, 0.3) is 0 Å². The van der Waals surface area contributed by atoms with Crippen LogP contribution >= 0.6 is 0 Å². The van der Waals surface area contributed by atoms with E-state index in [1.807, 2.05) is 0 Å². The third kappa shape index (κ3) is 12.2. The van der Waals surface area contributed by atoms with Crippen molar-refractivity contribution < 1.29 is 29.7 Å².